The SMILES string of the molecule is COc1cc(C2NC(=O)c3cccc4c3N2CC/C4=N\O)ccc1O. The van der Waals surface area contributed by atoms with Gasteiger partial charge in [0.25, 0.3) is 5.91 Å². The average molecular weight is 339 g/mol. The number of hydrogen-bond acceptors (Lipinski definition) is 6. The molecule has 0 fully saturated rings. The molecule has 25 heavy (non-hydrogen) atoms. The fourth-order valence-corrected chi connectivity index (χ4v) is 3.51. The van der Waals surface area contributed by atoms with E-state index in [9.17, 15) is 15.1 Å². The fraction of sp³-hybridized carbons (Fsp3) is 0.222. The fourth-order valence-electron chi connectivity index (χ4n) is 3.51. The van der Waals surface area contributed by atoms with E-state index < -0.39 is 6.17 Å². The molecule has 2 aliphatic heterocycles. The summed E-state index contributed by atoms with van der Waals surface area (Å²) >= 11 is 0. The van der Waals surface area contributed by atoms with Crippen LogP contribution in [0.4, 0.5) is 5.69 Å². The third-order valence-electron chi connectivity index (χ3n) is 4.69. The second-order valence-electron chi connectivity index (χ2n) is 6.00. The number of methoxy groups -OCH3 is 1. The third kappa shape index (κ3) is 2.27. The van der Waals surface area contributed by atoms with E-state index in [4.69, 9.17) is 4.74 Å². The van der Waals surface area contributed by atoms with Gasteiger partial charge in [0.1, 0.15) is 6.17 Å². The van der Waals surface area contributed by atoms with Crippen LogP contribution in [0.25, 0.3) is 0 Å². The van der Waals surface area contributed by atoms with Crippen molar-refractivity contribution >= 4 is 17.3 Å². The molecule has 2 aromatic rings. The molecule has 3 N–H and O–H groups in total. The van der Waals surface area contributed by atoms with E-state index in [1.807, 2.05) is 6.07 Å². The van der Waals surface area contributed by atoms with E-state index in [-0.39, 0.29) is 11.7 Å². The molecule has 1 unspecified atom stereocenters. The summed E-state index contributed by atoms with van der Waals surface area (Å²) in [7, 11) is 1.48. The number of nitrogens with one attached hydrogen (secondary N) is 1. The maximum Gasteiger partial charge on any atom is 0.255 e. The lowest BCUT2D eigenvalue weighted by atomic mass is 9.92. The summed E-state index contributed by atoms with van der Waals surface area (Å²) in [5.41, 5.74) is 3.46. The Morgan fingerprint density at radius 2 is 2.08 bits per heavy atom. The Balaban J connectivity index is 1.86. The molecule has 0 aliphatic carbocycles. The second-order valence-corrected chi connectivity index (χ2v) is 6.00. The summed E-state index contributed by atoms with van der Waals surface area (Å²) < 4.78 is 5.18. The van der Waals surface area contributed by atoms with Crippen molar-refractivity contribution in [3.05, 3.63) is 53.1 Å². The molecule has 2 aliphatic rings. The monoisotopic (exact) mass is 339 g/mol. The van der Waals surface area contributed by atoms with Crippen molar-refractivity contribution in [2.75, 3.05) is 18.6 Å². The number of para-hydroxylation sites is 1. The lowest BCUT2D eigenvalue weighted by molar-refractivity contribution is 0.0926. The van der Waals surface area contributed by atoms with Crippen LogP contribution in [0.3, 0.4) is 0 Å². The Hall–Kier alpha value is -3.22. The molecule has 7 nitrogen and oxygen atoms in total. The van der Waals surface area contributed by atoms with Crippen molar-refractivity contribution in [1.82, 2.24) is 5.32 Å². The molecule has 7 heteroatoms. The number of rotatable bonds is 2. The largest absolute Gasteiger partial charge is 0.504 e. The Labute approximate surface area is 144 Å². The summed E-state index contributed by atoms with van der Waals surface area (Å²) in [6.45, 7) is 0.595. The van der Waals surface area contributed by atoms with E-state index in [0.717, 1.165) is 16.8 Å². The molecule has 2 aromatic carbocycles. The first-order valence-electron chi connectivity index (χ1n) is 7.92. The lowest BCUT2D eigenvalue weighted by Gasteiger charge is -2.42. The number of benzene rings is 2. The molecule has 0 saturated carbocycles. The van der Waals surface area contributed by atoms with E-state index in [1.165, 1.54) is 7.11 Å². The number of oxime groups is 1. The summed E-state index contributed by atoms with van der Waals surface area (Å²) in [6.07, 6.45) is 0.171. The van der Waals surface area contributed by atoms with E-state index in [1.54, 1.807) is 30.3 Å². The van der Waals surface area contributed by atoms with Gasteiger partial charge in [-0.25, -0.2) is 0 Å². The topological polar surface area (TPSA) is 94.4 Å². The summed E-state index contributed by atoms with van der Waals surface area (Å²) in [6, 6.07) is 10.4. The van der Waals surface area contributed by atoms with Gasteiger partial charge >= 0.3 is 0 Å². The maximum absolute atomic E-state index is 12.6. The number of phenolic OH excluding ortho intramolecular Hbond substituents is 1. The summed E-state index contributed by atoms with van der Waals surface area (Å²) in [5.74, 6) is 0.201. The normalized spacial score (nSPS) is 20.2. The highest BCUT2D eigenvalue weighted by Gasteiger charge is 2.37. The van der Waals surface area contributed by atoms with Gasteiger partial charge in [-0.1, -0.05) is 23.4 Å². The van der Waals surface area contributed by atoms with Crippen LogP contribution in [0.1, 0.15) is 34.1 Å². The van der Waals surface area contributed by atoms with Gasteiger partial charge in [0.05, 0.1) is 24.1 Å². The highest BCUT2D eigenvalue weighted by molar-refractivity contribution is 6.13. The number of hydrogen-bond donors (Lipinski definition) is 3. The molecule has 0 spiro atoms. The highest BCUT2D eigenvalue weighted by atomic mass is 16.5. The first kappa shape index (κ1) is 15.3. The molecular formula is C18H17N3O4. The number of anilines is 1. The minimum absolute atomic E-state index is 0.0443. The number of amides is 1. The van der Waals surface area contributed by atoms with Gasteiger partial charge in [-0.2, -0.15) is 0 Å². The molecule has 1 atom stereocenters. The van der Waals surface area contributed by atoms with Gasteiger partial charge in [-0.3, -0.25) is 4.79 Å². The van der Waals surface area contributed by atoms with Crippen molar-refractivity contribution in [2.24, 2.45) is 5.16 Å². The van der Waals surface area contributed by atoms with Crippen LogP contribution in [0.15, 0.2) is 41.6 Å². The van der Waals surface area contributed by atoms with Gasteiger partial charge in [-0.05, 0) is 23.8 Å². The number of nitrogens with zero attached hydrogens (tertiary/aromatic N) is 2. The quantitative estimate of drug-likeness (QED) is 0.576. The molecule has 4 rings (SSSR count). The molecule has 1 amide bonds. The van der Waals surface area contributed by atoms with Crippen LogP contribution in [0.5, 0.6) is 11.5 Å². The summed E-state index contributed by atoms with van der Waals surface area (Å²) in [4.78, 5) is 14.7. The van der Waals surface area contributed by atoms with Crippen LogP contribution in [-0.2, 0) is 0 Å². The highest BCUT2D eigenvalue weighted by Crippen LogP contribution is 2.40. The zero-order valence-corrected chi connectivity index (χ0v) is 13.6. The Kier molecular flexibility index (Phi) is 3.49. The van der Waals surface area contributed by atoms with Crippen molar-refractivity contribution in [3.63, 3.8) is 0 Å². The molecule has 0 saturated heterocycles. The van der Waals surface area contributed by atoms with Crippen LogP contribution in [0.2, 0.25) is 0 Å². The van der Waals surface area contributed by atoms with Gasteiger partial charge in [0.15, 0.2) is 11.5 Å². The minimum atomic E-state index is -0.393. The molecule has 2 heterocycles. The molecule has 0 aromatic heterocycles. The molecule has 0 bridgehead atoms. The van der Waals surface area contributed by atoms with Gasteiger partial charge < -0.3 is 25.3 Å². The number of carbonyl (C=O) groups is 1. The van der Waals surface area contributed by atoms with Crippen molar-refractivity contribution < 1.29 is 19.8 Å². The van der Waals surface area contributed by atoms with Gasteiger partial charge in [-0.15, -0.1) is 0 Å². The van der Waals surface area contributed by atoms with E-state index in [0.29, 0.717) is 30.0 Å². The number of phenols is 1. The smallest absolute Gasteiger partial charge is 0.255 e. The predicted molar refractivity (Wildman–Crippen MR) is 91.6 cm³/mol. The first-order valence-corrected chi connectivity index (χ1v) is 7.92. The zero-order valence-electron chi connectivity index (χ0n) is 13.6. The number of ether oxygens (including phenoxy) is 1. The van der Waals surface area contributed by atoms with E-state index >= 15 is 0 Å². The van der Waals surface area contributed by atoms with Crippen LogP contribution in [-0.4, -0.2) is 35.6 Å². The van der Waals surface area contributed by atoms with Crippen LogP contribution >= 0.6 is 0 Å². The molecule has 128 valence electrons. The van der Waals surface area contributed by atoms with Gasteiger partial charge in [0.2, 0.25) is 0 Å². The number of carbonyl (C=O) groups excluding carboxylic acids is 1. The van der Waals surface area contributed by atoms with Crippen molar-refractivity contribution in [1.29, 1.82) is 0 Å². The van der Waals surface area contributed by atoms with Crippen LogP contribution in [0, 0.1) is 0 Å². The van der Waals surface area contributed by atoms with Gasteiger partial charge in [0, 0.05) is 18.5 Å². The Bertz CT molecular complexity index is 894. The standard InChI is InChI=1S/C18H17N3O4/c1-25-15-9-10(5-6-14(15)22)17-19-18(23)12-4-2-3-11-13(20-24)7-8-21(17)16(11)12/h2-6,9,17,22,24H,7-8H2,1H3,(H,19,23)/b20-13+. The van der Waals surface area contributed by atoms with Crippen molar-refractivity contribution in [3.8, 4) is 11.5 Å². The van der Waals surface area contributed by atoms with Crippen molar-refractivity contribution in [2.45, 2.75) is 12.6 Å². The number of aromatic hydroxyl groups is 1. The summed E-state index contributed by atoms with van der Waals surface area (Å²) in [5, 5.41) is 25.5. The molecular weight excluding hydrogens is 322 g/mol. The Morgan fingerprint density at radius 1 is 1.28 bits per heavy atom. The third-order valence-corrected chi connectivity index (χ3v) is 4.69. The average Bonchev–Trinajstić information content (AvgIpc) is 2.65. The van der Waals surface area contributed by atoms with E-state index in [2.05, 4.69) is 15.4 Å². The molecule has 0 radical (unpaired) electrons. The first-order chi connectivity index (χ1) is 12.1. The van der Waals surface area contributed by atoms with Crippen LogP contribution < -0.4 is 15.0 Å². The minimum Gasteiger partial charge on any atom is -0.504 e. The maximum atomic E-state index is 12.6. The lowest BCUT2D eigenvalue weighted by Crippen LogP contribution is -2.49. The second kappa shape index (κ2) is 5.70. The Morgan fingerprint density at radius 3 is 2.84 bits per heavy atom. The predicted octanol–water partition coefficient (Wildman–Crippen LogP) is 2.23. The zero-order chi connectivity index (χ0) is 17.6.